The van der Waals surface area contributed by atoms with Crippen molar-refractivity contribution >= 4 is 17.4 Å². The van der Waals surface area contributed by atoms with E-state index in [-0.39, 0.29) is 0 Å². The smallest absolute Gasteiger partial charge is 0.0991 e. The lowest BCUT2D eigenvalue weighted by Gasteiger charge is -2.05. The molecule has 0 radical (unpaired) electrons. The van der Waals surface area contributed by atoms with Crippen LogP contribution in [0.3, 0.4) is 0 Å². The van der Waals surface area contributed by atoms with E-state index in [1.165, 1.54) is 10.5 Å². The predicted octanol–water partition coefficient (Wildman–Crippen LogP) is 3.74. The summed E-state index contributed by atoms with van der Waals surface area (Å²) in [7, 11) is 0. The highest BCUT2D eigenvalue weighted by atomic mass is 32.2. The van der Waals surface area contributed by atoms with Crippen molar-refractivity contribution in [3.63, 3.8) is 0 Å². The van der Waals surface area contributed by atoms with Crippen molar-refractivity contribution in [1.82, 2.24) is 0 Å². The monoisotopic (exact) mass is 254 g/mol. The van der Waals surface area contributed by atoms with Crippen LogP contribution >= 0.6 is 11.8 Å². The number of benzene rings is 2. The Morgan fingerprint density at radius 2 is 1.89 bits per heavy atom. The third-order valence-corrected chi connectivity index (χ3v) is 3.79. The molecule has 0 amide bonds. The molecule has 0 atom stereocenters. The molecule has 0 bridgehead atoms. The van der Waals surface area contributed by atoms with Crippen LogP contribution in [0, 0.1) is 18.3 Å². The first-order valence-corrected chi connectivity index (χ1v) is 6.65. The maximum Gasteiger partial charge on any atom is 0.0991 e. The summed E-state index contributed by atoms with van der Waals surface area (Å²) in [5.74, 6) is 0.898. The number of nitrogens with two attached hydrogens (primary N) is 1. The number of rotatable bonds is 3. The zero-order valence-corrected chi connectivity index (χ0v) is 11.0. The van der Waals surface area contributed by atoms with E-state index in [9.17, 15) is 0 Å². The van der Waals surface area contributed by atoms with Crippen LogP contribution in [-0.4, -0.2) is 0 Å². The topological polar surface area (TPSA) is 49.8 Å². The molecule has 18 heavy (non-hydrogen) atoms. The van der Waals surface area contributed by atoms with Gasteiger partial charge in [0.25, 0.3) is 0 Å². The summed E-state index contributed by atoms with van der Waals surface area (Å²) in [6, 6.07) is 15.9. The van der Waals surface area contributed by atoms with Crippen molar-refractivity contribution in [3.8, 4) is 6.07 Å². The van der Waals surface area contributed by atoms with E-state index in [4.69, 9.17) is 11.0 Å². The van der Waals surface area contributed by atoms with Crippen molar-refractivity contribution in [2.45, 2.75) is 17.6 Å². The second-order valence-corrected chi connectivity index (χ2v) is 5.16. The molecule has 0 spiro atoms. The summed E-state index contributed by atoms with van der Waals surface area (Å²) in [5, 5.41) is 8.73. The van der Waals surface area contributed by atoms with Crippen LogP contribution < -0.4 is 5.73 Å². The van der Waals surface area contributed by atoms with Gasteiger partial charge in [0.05, 0.1) is 11.6 Å². The third kappa shape index (κ3) is 3.06. The average molecular weight is 254 g/mol. The number of aryl methyl sites for hydroxylation is 1. The van der Waals surface area contributed by atoms with Crippen LogP contribution in [0.25, 0.3) is 0 Å². The number of anilines is 1. The molecular formula is C15H14N2S. The van der Waals surface area contributed by atoms with Gasteiger partial charge in [-0.3, -0.25) is 0 Å². The minimum Gasteiger partial charge on any atom is -0.399 e. The number of hydrogen-bond acceptors (Lipinski definition) is 3. The van der Waals surface area contributed by atoms with Gasteiger partial charge in [-0.2, -0.15) is 5.26 Å². The molecule has 0 aliphatic carbocycles. The zero-order chi connectivity index (χ0) is 13.0. The van der Waals surface area contributed by atoms with Gasteiger partial charge < -0.3 is 5.73 Å². The number of nitrogens with zero attached hydrogens (tertiary/aromatic N) is 1. The zero-order valence-electron chi connectivity index (χ0n) is 10.2. The summed E-state index contributed by atoms with van der Waals surface area (Å²) in [5.41, 5.74) is 9.65. The molecular weight excluding hydrogens is 240 g/mol. The Morgan fingerprint density at radius 3 is 2.50 bits per heavy atom. The largest absolute Gasteiger partial charge is 0.399 e. The fraction of sp³-hybridized carbons (Fsp3) is 0.133. The number of nitrogen functional groups attached to an aromatic ring is 1. The Morgan fingerprint density at radius 1 is 1.17 bits per heavy atom. The normalized spacial score (nSPS) is 10.0. The van der Waals surface area contributed by atoms with Crippen molar-refractivity contribution in [2.75, 3.05) is 5.73 Å². The van der Waals surface area contributed by atoms with Crippen LogP contribution in [0.1, 0.15) is 16.7 Å². The Kier molecular flexibility index (Phi) is 3.91. The fourth-order valence-electron chi connectivity index (χ4n) is 1.58. The highest BCUT2D eigenvalue weighted by molar-refractivity contribution is 7.98. The van der Waals surface area contributed by atoms with Crippen molar-refractivity contribution in [1.29, 1.82) is 5.26 Å². The van der Waals surface area contributed by atoms with Gasteiger partial charge in [0.2, 0.25) is 0 Å². The Bertz CT molecular complexity index is 582. The molecule has 2 aromatic carbocycles. The Balaban J connectivity index is 2.02. The lowest BCUT2D eigenvalue weighted by molar-refractivity contribution is 1.34. The van der Waals surface area contributed by atoms with Gasteiger partial charge >= 0.3 is 0 Å². The molecule has 0 fully saturated rings. The number of thioether (sulfide) groups is 1. The summed E-state index contributed by atoms with van der Waals surface area (Å²) in [6.45, 7) is 2.01. The molecule has 0 saturated carbocycles. The molecule has 0 aromatic heterocycles. The highest BCUT2D eigenvalue weighted by Gasteiger charge is 1.99. The quantitative estimate of drug-likeness (QED) is 0.670. The van der Waals surface area contributed by atoms with Gasteiger partial charge in [-0.05, 0) is 48.4 Å². The average Bonchev–Trinajstić information content (AvgIpc) is 2.41. The van der Waals surface area contributed by atoms with Gasteiger partial charge in [0.1, 0.15) is 0 Å². The molecule has 0 unspecified atom stereocenters. The Hall–Kier alpha value is -1.92. The van der Waals surface area contributed by atoms with E-state index in [0.717, 1.165) is 17.0 Å². The fourth-order valence-corrected chi connectivity index (χ4v) is 2.53. The molecule has 0 heterocycles. The van der Waals surface area contributed by atoms with E-state index < -0.39 is 0 Å². The lowest BCUT2D eigenvalue weighted by Crippen LogP contribution is -1.89. The SMILES string of the molecule is Cc1cc(SCc2ccc(C#N)cc2)ccc1N. The second-order valence-electron chi connectivity index (χ2n) is 4.12. The molecule has 2 nitrogen and oxygen atoms in total. The van der Waals surface area contributed by atoms with E-state index in [0.29, 0.717) is 5.56 Å². The minimum absolute atomic E-state index is 0.701. The predicted molar refractivity (Wildman–Crippen MR) is 76.3 cm³/mol. The van der Waals surface area contributed by atoms with Crippen LogP contribution in [0.15, 0.2) is 47.4 Å². The van der Waals surface area contributed by atoms with Gasteiger partial charge in [0, 0.05) is 16.3 Å². The van der Waals surface area contributed by atoms with Gasteiger partial charge in [-0.25, -0.2) is 0 Å². The molecule has 0 aliphatic rings. The van der Waals surface area contributed by atoms with E-state index in [1.54, 1.807) is 11.8 Å². The molecule has 90 valence electrons. The van der Waals surface area contributed by atoms with Crippen LogP contribution in [0.5, 0.6) is 0 Å². The maximum absolute atomic E-state index is 8.73. The number of hydrogen-bond donors (Lipinski definition) is 1. The first kappa shape index (κ1) is 12.5. The summed E-state index contributed by atoms with van der Waals surface area (Å²) in [4.78, 5) is 1.21. The minimum atomic E-state index is 0.701. The van der Waals surface area contributed by atoms with Crippen LogP contribution in [-0.2, 0) is 5.75 Å². The third-order valence-electron chi connectivity index (χ3n) is 2.73. The molecule has 2 N–H and O–H groups in total. The lowest BCUT2D eigenvalue weighted by atomic mass is 10.2. The molecule has 2 rings (SSSR count). The van der Waals surface area contributed by atoms with E-state index in [2.05, 4.69) is 12.1 Å². The maximum atomic E-state index is 8.73. The van der Waals surface area contributed by atoms with Crippen LogP contribution in [0.4, 0.5) is 5.69 Å². The second kappa shape index (κ2) is 5.61. The van der Waals surface area contributed by atoms with Crippen molar-refractivity contribution < 1.29 is 0 Å². The van der Waals surface area contributed by atoms with Crippen molar-refractivity contribution in [2.24, 2.45) is 0 Å². The van der Waals surface area contributed by atoms with Gasteiger partial charge in [-0.1, -0.05) is 12.1 Å². The van der Waals surface area contributed by atoms with Crippen molar-refractivity contribution in [3.05, 3.63) is 59.2 Å². The van der Waals surface area contributed by atoms with E-state index >= 15 is 0 Å². The molecule has 0 aliphatic heterocycles. The van der Waals surface area contributed by atoms with Gasteiger partial charge in [0.15, 0.2) is 0 Å². The first-order chi connectivity index (χ1) is 8.69. The number of nitriles is 1. The molecule has 0 saturated heterocycles. The van der Waals surface area contributed by atoms with Crippen LogP contribution in [0.2, 0.25) is 0 Å². The highest BCUT2D eigenvalue weighted by Crippen LogP contribution is 2.25. The Labute approximate surface area is 111 Å². The molecule has 2 aromatic rings. The summed E-state index contributed by atoms with van der Waals surface area (Å²) < 4.78 is 0. The molecule has 3 heteroatoms. The summed E-state index contributed by atoms with van der Waals surface area (Å²) >= 11 is 1.77. The first-order valence-electron chi connectivity index (χ1n) is 5.67. The summed E-state index contributed by atoms with van der Waals surface area (Å²) in [6.07, 6.45) is 0. The standard InChI is InChI=1S/C15H14N2S/c1-11-8-14(6-7-15(11)17)18-10-13-4-2-12(9-16)3-5-13/h2-8H,10,17H2,1H3. The van der Waals surface area contributed by atoms with E-state index in [1.807, 2.05) is 43.3 Å². The van der Waals surface area contributed by atoms with Gasteiger partial charge in [-0.15, -0.1) is 11.8 Å².